The Morgan fingerprint density at radius 1 is 0.615 bits per heavy atom. The summed E-state index contributed by atoms with van der Waals surface area (Å²) in [5, 5.41) is 0. The van der Waals surface area contributed by atoms with Crippen molar-refractivity contribution < 1.29 is 14.3 Å². The molecular formula is C23H18O3. The summed E-state index contributed by atoms with van der Waals surface area (Å²) in [5.74, 6) is 1.18. The summed E-state index contributed by atoms with van der Waals surface area (Å²) in [5.41, 5.74) is 5.06. The summed E-state index contributed by atoms with van der Waals surface area (Å²) in [4.78, 5) is 13.3. The second-order valence-electron chi connectivity index (χ2n) is 6.06. The van der Waals surface area contributed by atoms with Gasteiger partial charge in [-0.2, -0.15) is 0 Å². The van der Waals surface area contributed by atoms with E-state index >= 15 is 0 Å². The van der Waals surface area contributed by atoms with Gasteiger partial charge in [0.1, 0.15) is 0 Å². The average molecular weight is 342 g/mol. The van der Waals surface area contributed by atoms with Crippen molar-refractivity contribution >= 4 is 16.9 Å². The zero-order valence-corrected chi connectivity index (χ0v) is 14.7. The topological polar surface area (TPSA) is 35.5 Å². The molecule has 4 rings (SSSR count). The van der Waals surface area contributed by atoms with E-state index in [4.69, 9.17) is 9.47 Å². The van der Waals surface area contributed by atoms with Crippen LogP contribution in [0.25, 0.3) is 11.1 Å². The number of Topliss-reactive ketones (excluding diaryl/α,β-unsaturated/α-hetero) is 1. The molecule has 0 saturated heterocycles. The number of hydrogen-bond acceptors (Lipinski definition) is 3. The standard InChI is InChI=1S/C23H18O3/c1-25-19-13-17-18(14-20(19)26-2)23(24)22(16-11-7-4-8-12-16)21(17)15-9-5-3-6-10-15/h3-14H,1-2H3. The molecule has 0 saturated carbocycles. The first-order chi connectivity index (χ1) is 12.7. The highest BCUT2D eigenvalue weighted by atomic mass is 16.5. The Bertz CT molecular complexity index is 1000. The average Bonchev–Trinajstić information content (AvgIpc) is 2.99. The minimum absolute atomic E-state index is 0.00556. The first-order valence-corrected chi connectivity index (χ1v) is 8.40. The highest BCUT2D eigenvalue weighted by molar-refractivity contribution is 6.41. The summed E-state index contributed by atoms with van der Waals surface area (Å²) in [6.07, 6.45) is 0. The van der Waals surface area contributed by atoms with Gasteiger partial charge in [0.05, 0.1) is 14.2 Å². The molecule has 1 aliphatic rings. The molecule has 0 atom stereocenters. The number of hydrogen-bond donors (Lipinski definition) is 0. The lowest BCUT2D eigenvalue weighted by Crippen LogP contribution is -2.00. The van der Waals surface area contributed by atoms with Gasteiger partial charge in [0, 0.05) is 16.7 Å². The van der Waals surface area contributed by atoms with Crippen LogP contribution in [0.15, 0.2) is 72.8 Å². The summed E-state index contributed by atoms with van der Waals surface area (Å²) < 4.78 is 10.9. The number of ketones is 1. The first-order valence-electron chi connectivity index (χ1n) is 8.40. The SMILES string of the molecule is COc1cc2c(cc1OC)C(c1ccccc1)=C(c1ccccc1)C2=O. The molecule has 0 aromatic heterocycles. The third-order valence-corrected chi connectivity index (χ3v) is 4.64. The minimum Gasteiger partial charge on any atom is -0.493 e. The Labute approximate surface area is 152 Å². The van der Waals surface area contributed by atoms with Crippen LogP contribution in [0.3, 0.4) is 0 Å². The lowest BCUT2D eigenvalue weighted by Gasteiger charge is -2.12. The molecule has 0 N–H and O–H groups in total. The van der Waals surface area contributed by atoms with Gasteiger partial charge in [0.25, 0.3) is 0 Å². The van der Waals surface area contributed by atoms with Crippen LogP contribution < -0.4 is 9.47 Å². The molecule has 1 aliphatic carbocycles. The van der Waals surface area contributed by atoms with E-state index in [-0.39, 0.29) is 5.78 Å². The van der Waals surface area contributed by atoms with Crippen molar-refractivity contribution in [2.75, 3.05) is 14.2 Å². The van der Waals surface area contributed by atoms with Crippen LogP contribution in [0, 0.1) is 0 Å². The molecule has 0 fully saturated rings. The van der Waals surface area contributed by atoms with E-state index in [2.05, 4.69) is 0 Å². The molecule has 3 aromatic rings. The summed E-state index contributed by atoms with van der Waals surface area (Å²) in [6, 6.07) is 23.4. The van der Waals surface area contributed by atoms with E-state index in [9.17, 15) is 4.79 Å². The Hall–Kier alpha value is -3.33. The van der Waals surface area contributed by atoms with Crippen LogP contribution in [-0.4, -0.2) is 20.0 Å². The van der Waals surface area contributed by atoms with E-state index in [1.54, 1.807) is 20.3 Å². The summed E-state index contributed by atoms with van der Waals surface area (Å²) in [7, 11) is 3.18. The minimum atomic E-state index is 0.00556. The Balaban J connectivity index is 2.04. The van der Waals surface area contributed by atoms with Crippen molar-refractivity contribution in [3.63, 3.8) is 0 Å². The maximum Gasteiger partial charge on any atom is 0.195 e. The molecule has 0 unspecified atom stereocenters. The number of carbonyl (C=O) groups is 1. The van der Waals surface area contributed by atoms with E-state index in [1.165, 1.54) is 0 Å². The molecule has 3 nitrogen and oxygen atoms in total. The Morgan fingerprint density at radius 3 is 1.58 bits per heavy atom. The van der Waals surface area contributed by atoms with Crippen molar-refractivity contribution in [3.05, 3.63) is 95.1 Å². The summed E-state index contributed by atoms with van der Waals surface area (Å²) >= 11 is 0. The van der Waals surface area contributed by atoms with Crippen LogP contribution in [-0.2, 0) is 0 Å². The van der Waals surface area contributed by atoms with E-state index in [1.807, 2.05) is 66.7 Å². The molecular weight excluding hydrogens is 324 g/mol. The molecule has 0 aliphatic heterocycles. The first kappa shape index (κ1) is 16.2. The van der Waals surface area contributed by atoms with Crippen LogP contribution in [0.2, 0.25) is 0 Å². The molecule has 128 valence electrons. The van der Waals surface area contributed by atoms with Crippen LogP contribution >= 0.6 is 0 Å². The van der Waals surface area contributed by atoms with E-state index < -0.39 is 0 Å². The number of ether oxygens (including phenoxy) is 2. The fourth-order valence-corrected chi connectivity index (χ4v) is 3.44. The van der Waals surface area contributed by atoms with Gasteiger partial charge in [-0.25, -0.2) is 0 Å². The van der Waals surface area contributed by atoms with Crippen LogP contribution in [0.5, 0.6) is 11.5 Å². The van der Waals surface area contributed by atoms with Crippen LogP contribution in [0.1, 0.15) is 27.0 Å². The molecule has 3 aromatic carbocycles. The highest BCUT2D eigenvalue weighted by Crippen LogP contribution is 2.45. The Morgan fingerprint density at radius 2 is 1.08 bits per heavy atom. The molecule has 0 spiro atoms. The predicted octanol–water partition coefficient (Wildman–Crippen LogP) is 4.86. The van der Waals surface area contributed by atoms with Gasteiger partial charge in [0.15, 0.2) is 17.3 Å². The molecule has 3 heteroatoms. The number of benzene rings is 3. The van der Waals surface area contributed by atoms with Gasteiger partial charge in [-0.15, -0.1) is 0 Å². The predicted molar refractivity (Wildman–Crippen MR) is 103 cm³/mol. The number of rotatable bonds is 4. The van der Waals surface area contributed by atoms with Crippen molar-refractivity contribution in [1.29, 1.82) is 0 Å². The molecule has 0 amide bonds. The Kier molecular flexibility index (Phi) is 4.05. The fraction of sp³-hybridized carbons (Fsp3) is 0.0870. The van der Waals surface area contributed by atoms with Crippen molar-refractivity contribution in [2.45, 2.75) is 0 Å². The number of fused-ring (bicyclic) bond motifs is 1. The molecule has 0 heterocycles. The van der Waals surface area contributed by atoms with Crippen molar-refractivity contribution in [2.24, 2.45) is 0 Å². The molecule has 0 bridgehead atoms. The maximum atomic E-state index is 13.3. The molecule has 0 radical (unpaired) electrons. The van der Waals surface area contributed by atoms with Gasteiger partial charge >= 0.3 is 0 Å². The van der Waals surface area contributed by atoms with Gasteiger partial charge in [-0.3, -0.25) is 4.79 Å². The van der Waals surface area contributed by atoms with Gasteiger partial charge in [-0.05, 0) is 28.8 Å². The highest BCUT2D eigenvalue weighted by Gasteiger charge is 2.32. The number of methoxy groups -OCH3 is 2. The van der Waals surface area contributed by atoms with Gasteiger partial charge in [-0.1, -0.05) is 60.7 Å². The third kappa shape index (κ3) is 2.49. The van der Waals surface area contributed by atoms with Crippen molar-refractivity contribution in [3.8, 4) is 11.5 Å². The number of carbonyl (C=O) groups excluding carboxylic acids is 1. The largest absolute Gasteiger partial charge is 0.493 e. The second-order valence-corrected chi connectivity index (χ2v) is 6.06. The maximum absolute atomic E-state index is 13.3. The number of allylic oxidation sites excluding steroid dienone is 1. The smallest absolute Gasteiger partial charge is 0.195 e. The monoisotopic (exact) mass is 342 g/mol. The zero-order chi connectivity index (χ0) is 18.1. The van der Waals surface area contributed by atoms with Crippen molar-refractivity contribution in [1.82, 2.24) is 0 Å². The second kappa shape index (κ2) is 6.52. The molecule has 26 heavy (non-hydrogen) atoms. The van der Waals surface area contributed by atoms with E-state index in [0.29, 0.717) is 22.6 Å². The van der Waals surface area contributed by atoms with Gasteiger partial charge in [0.2, 0.25) is 0 Å². The fourth-order valence-electron chi connectivity index (χ4n) is 3.44. The lowest BCUT2D eigenvalue weighted by atomic mass is 9.94. The lowest BCUT2D eigenvalue weighted by molar-refractivity contribution is 0.105. The van der Waals surface area contributed by atoms with Gasteiger partial charge < -0.3 is 9.47 Å². The van der Waals surface area contributed by atoms with Crippen LogP contribution in [0.4, 0.5) is 0 Å². The summed E-state index contributed by atoms with van der Waals surface area (Å²) in [6.45, 7) is 0. The van der Waals surface area contributed by atoms with E-state index in [0.717, 1.165) is 22.3 Å². The third-order valence-electron chi connectivity index (χ3n) is 4.64. The normalized spacial score (nSPS) is 12.9. The zero-order valence-electron chi connectivity index (χ0n) is 14.7. The quantitative estimate of drug-likeness (QED) is 0.679.